The van der Waals surface area contributed by atoms with Gasteiger partial charge in [0.25, 0.3) is 0 Å². The van der Waals surface area contributed by atoms with Crippen molar-refractivity contribution in [2.45, 2.75) is 26.8 Å². The number of carbonyl (C=O) groups is 1. The number of hydrogen-bond donors (Lipinski definition) is 2. The number of anilines is 1. The lowest BCUT2D eigenvalue weighted by Crippen LogP contribution is -2.08. The third-order valence-corrected chi connectivity index (χ3v) is 2.19. The van der Waals surface area contributed by atoms with Gasteiger partial charge in [-0.2, -0.15) is 5.10 Å². The third-order valence-electron chi connectivity index (χ3n) is 2.19. The molecule has 0 bridgehead atoms. The van der Waals surface area contributed by atoms with Crippen LogP contribution in [0.5, 0.6) is 0 Å². The van der Waals surface area contributed by atoms with Crippen molar-refractivity contribution in [1.82, 2.24) is 9.78 Å². The molecule has 0 saturated carbocycles. The molecule has 1 atom stereocenters. The molecule has 0 aliphatic rings. The number of aromatic nitrogens is 2. The molecule has 0 fully saturated rings. The van der Waals surface area contributed by atoms with Crippen molar-refractivity contribution in [3.05, 3.63) is 11.9 Å². The number of nitrogens with two attached hydrogens (primary N) is 1. The molecule has 1 heterocycles. The lowest BCUT2D eigenvalue weighted by Gasteiger charge is -2.07. The van der Waals surface area contributed by atoms with E-state index in [4.69, 9.17) is 10.8 Å². The standard InChI is InChI=1S/C9H15N3O2/c1-3-6(2)4-12-5-7(10)8(11-12)9(13)14/h5-6H,3-4,10H2,1-2H3,(H,13,14). The third kappa shape index (κ3) is 2.25. The minimum atomic E-state index is -1.08. The first-order valence-electron chi connectivity index (χ1n) is 4.60. The molecule has 1 aromatic rings. The van der Waals surface area contributed by atoms with Gasteiger partial charge in [0.05, 0.1) is 5.69 Å². The largest absolute Gasteiger partial charge is 0.476 e. The summed E-state index contributed by atoms with van der Waals surface area (Å²) < 4.78 is 1.59. The lowest BCUT2D eigenvalue weighted by molar-refractivity contribution is 0.0690. The van der Waals surface area contributed by atoms with Crippen LogP contribution in [-0.4, -0.2) is 20.9 Å². The predicted octanol–water partition coefficient (Wildman–Crippen LogP) is 1.21. The molecule has 0 radical (unpaired) electrons. The molecule has 5 heteroatoms. The van der Waals surface area contributed by atoms with E-state index in [9.17, 15) is 4.79 Å². The van der Waals surface area contributed by atoms with E-state index in [1.54, 1.807) is 10.9 Å². The minimum Gasteiger partial charge on any atom is -0.476 e. The van der Waals surface area contributed by atoms with Gasteiger partial charge in [0.1, 0.15) is 0 Å². The van der Waals surface area contributed by atoms with Gasteiger partial charge in [0.2, 0.25) is 0 Å². The number of aromatic carboxylic acids is 1. The van der Waals surface area contributed by atoms with Gasteiger partial charge >= 0.3 is 5.97 Å². The van der Waals surface area contributed by atoms with Crippen molar-refractivity contribution in [2.24, 2.45) is 5.92 Å². The summed E-state index contributed by atoms with van der Waals surface area (Å²) in [6, 6.07) is 0. The van der Waals surface area contributed by atoms with E-state index >= 15 is 0 Å². The van der Waals surface area contributed by atoms with E-state index in [2.05, 4.69) is 18.9 Å². The van der Waals surface area contributed by atoms with E-state index in [0.717, 1.165) is 6.42 Å². The molecule has 0 amide bonds. The Bertz CT molecular complexity index is 333. The summed E-state index contributed by atoms with van der Waals surface area (Å²) in [6.07, 6.45) is 2.60. The van der Waals surface area contributed by atoms with Crippen LogP contribution in [0.25, 0.3) is 0 Å². The Morgan fingerprint density at radius 3 is 2.86 bits per heavy atom. The monoisotopic (exact) mass is 197 g/mol. The SMILES string of the molecule is CCC(C)Cn1cc(N)c(C(=O)O)n1. The molecule has 0 saturated heterocycles. The highest BCUT2D eigenvalue weighted by molar-refractivity contribution is 5.91. The number of nitrogens with zero attached hydrogens (tertiary/aromatic N) is 2. The van der Waals surface area contributed by atoms with Crippen LogP contribution in [0.1, 0.15) is 30.8 Å². The van der Waals surface area contributed by atoms with Crippen molar-refractivity contribution in [3.8, 4) is 0 Å². The van der Waals surface area contributed by atoms with Crippen LogP contribution in [0.15, 0.2) is 6.20 Å². The second kappa shape index (κ2) is 4.13. The molecule has 1 aromatic heterocycles. The van der Waals surface area contributed by atoms with Gasteiger partial charge in [-0.25, -0.2) is 4.79 Å². The second-order valence-corrected chi connectivity index (χ2v) is 3.47. The maximum absolute atomic E-state index is 10.6. The van der Waals surface area contributed by atoms with Crippen LogP contribution >= 0.6 is 0 Å². The van der Waals surface area contributed by atoms with Crippen molar-refractivity contribution in [1.29, 1.82) is 0 Å². The van der Waals surface area contributed by atoms with Crippen LogP contribution < -0.4 is 5.73 Å². The Morgan fingerprint density at radius 2 is 2.43 bits per heavy atom. The zero-order chi connectivity index (χ0) is 10.7. The van der Waals surface area contributed by atoms with Crippen LogP contribution in [-0.2, 0) is 6.54 Å². The number of nitrogen functional groups attached to an aromatic ring is 1. The molecular weight excluding hydrogens is 182 g/mol. The van der Waals surface area contributed by atoms with Crippen LogP contribution in [0.2, 0.25) is 0 Å². The molecule has 78 valence electrons. The molecule has 14 heavy (non-hydrogen) atoms. The molecule has 0 spiro atoms. The summed E-state index contributed by atoms with van der Waals surface area (Å²) in [6.45, 7) is 4.86. The quantitative estimate of drug-likeness (QED) is 0.760. The first kappa shape index (κ1) is 10.6. The van der Waals surface area contributed by atoms with Gasteiger partial charge in [0, 0.05) is 12.7 Å². The zero-order valence-electron chi connectivity index (χ0n) is 8.40. The molecule has 1 rings (SSSR count). The summed E-state index contributed by atoms with van der Waals surface area (Å²) in [4.78, 5) is 10.6. The molecule has 3 N–H and O–H groups in total. The molecule has 1 unspecified atom stereocenters. The summed E-state index contributed by atoms with van der Waals surface area (Å²) in [5.41, 5.74) is 5.66. The number of rotatable bonds is 4. The fourth-order valence-electron chi connectivity index (χ4n) is 1.14. The summed E-state index contributed by atoms with van der Waals surface area (Å²) in [7, 11) is 0. The Kier molecular flexibility index (Phi) is 3.11. The fourth-order valence-corrected chi connectivity index (χ4v) is 1.14. The average molecular weight is 197 g/mol. The lowest BCUT2D eigenvalue weighted by atomic mass is 10.1. The van der Waals surface area contributed by atoms with Gasteiger partial charge in [-0.15, -0.1) is 0 Å². The van der Waals surface area contributed by atoms with E-state index in [1.165, 1.54) is 0 Å². The number of hydrogen-bond acceptors (Lipinski definition) is 3. The number of carboxylic acid groups (broad SMARTS) is 1. The van der Waals surface area contributed by atoms with Crippen molar-refractivity contribution in [3.63, 3.8) is 0 Å². The smallest absolute Gasteiger partial charge is 0.358 e. The van der Waals surface area contributed by atoms with Crippen LogP contribution in [0.3, 0.4) is 0 Å². The van der Waals surface area contributed by atoms with Crippen molar-refractivity contribution < 1.29 is 9.90 Å². The van der Waals surface area contributed by atoms with E-state index in [0.29, 0.717) is 12.5 Å². The Labute approximate surface area is 82.5 Å². The summed E-state index contributed by atoms with van der Waals surface area (Å²) in [5.74, 6) is -0.610. The van der Waals surface area contributed by atoms with E-state index in [1.807, 2.05) is 0 Å². The van der Waals surface area contributed by atoms with Crippen LogP contribution in [0.4, 0.5) is 5.69 Å². The molecule has 0 aliphatic heterocycles. The Hall–Kier alpha value is -1.52. The topological polar surface area (TPSA) is 81.1 Å². The maximum Gasteiger partial charge on any atom is 0.358 e. The van der Waals surface area contributed by atoms with E-state index < -0.39 is 5.97 Å². The molecule has 0 aliphatic carbocycles. The Morgan fingerprint density at radius 1 is 1.79 bits per heavy atom. The zero-order valence-corrected chi connectivity index (χ0v) is 8.40. The van der Waals surface area contributed by atoms with Crippen molar-refractivity contribution in [2.75, 3.05) is 5.73 Å². The summed E-state index contributed by atoms with van der Waals surface area (Å²) in [5, 5.41) is 12.6. The van der Waals surface area contributed by atoms with Gasteiger partial charge < -0.3 is 10.8 Å². The summed E-state index contributed by atoms with van der Waals surface area (Å²) >= 11 is 0. The predicted molar refractivity (Wildman–Crippen MR) is 53.1 cm³/mol. The molecule has 5 nitrogen and oxygen atoms in total. The maximum atomic E-state index is 10.6. The normalized spacial score (nSPS) is 12.7. The van der Waals surface area contributed by atoms with Crippen LogP contribution in [0, 0.1) is 5.92 Å². The van der Waals surface area contributed by atoms with Crippen molar-refractivity contribution >= 4 is 11.7 Å². The average Bonchev–Trinajstić information content (AvgIpc) is 2.46. The Balaban J connectivity index is 2.81. The highest BCUT2D eigenvalue weighted by Gasteiger charge is 2.13. The second-order valence-electron chi connectivity index (χ2n) is 3.47. The van der Waals surface area contributed by atoms with Gasteiger partial charge in [0.15, 0.2) is 5.69 Å². The first-order chi connectivity index (χ1) is 6.54. The fraction of sp³-hybridized carbons (Fsp3) is 0.556. The molecule has 0 aromatic carbocycles. The van der Waals surface area contributed by atoms with Gasteiger partial charge in [-0.3, -0.25) is 4.68 Å². The number of carboxylic acids is 1. The van der Waals surface area contributed by atoms with Gasteiger partial charge in [-0.1, -0.05) is 20.3 Å². The highest BCUT2D eigenvalue weighted by Crippen LogP contribution is 2.11. The van der Waals surface area contributed by atoms with Gasteiger partial charge in [-0.05, 0) is 5.92 Å². The van der Waals surface area contributed by atoms with E-state index in [-0.39, 0.29) is 11.4 Å². The molecular formula is C9H15N3O2. The highest BCUT2D eigenvalue weighted by atomic mass is 16.4. The first-order valence-corrected chi connectivity index (χ1v) is 4.60. The minimum absolute atomic E-state index is 0.0618.